The van der Waals surface area contributed by atoms with E-state index >= 15 is 0 Å². The molecule has 0 spiro atoms. The number of carbonyl (C=O) groups is 2. The minimum atomic E-state index is -0.736. The second-order valence-electron chi connectivity index (χ2n) is 6.98. The first-order valence-corrected chi connectivity index (χ1v) is 9.40. The van der Waals surface area contributed by atoms with Gasteiger partial charge in [0.15, 0.2) is 0 Å². The van der Waals surface area contributed by atoms with Crippen LogP contribution in [0.3, 0.4) is 0 Å². The number of nitrogens with zero attached hydrogens (tertiary/aromatic N) is 1. The van der Waals surface area contributed by atoms with Crippen LogP contribution in [0.4, 0.5) is 0 Å². The normalized spacial score (nSPS) is 21.3. The van der Waals surface area contributed by atoms with Gasteiger partial charge in [-0.1, -0.05) is 73.0 Å². The Bertz CT molecular complexity index is 877. The van der Waals surface area contributed by atoms with Crippen LogP contribution in [0, 0.1) is 11.8 Å². The molecule has 2 amide bonds. The number of hydrogen-bond acceptors (Lipinski definition) is 2. The molecule has 0 bridgehead atoms. The van der Waals surface area contributed by atoms with Crippen molar-refractivity contribution in [3.63, 3.8) is 0 Å². The standard InChI is InChI=1S/C24H21NO2/c26-22-16-17-23(27)25(22)21-15-9-1-2-10-18-24(21,19-11-5-3-6-12-19)20-13-7-4-8-14-20/h3-8,11-14,16-17,21H,1-2,9,15H2. The van der Waals surface area contributed by atoms with Gasteiger partial charge in [0, 0.05) is 18.6 Å². The molecule has 1 atom stereocenters. The maximum Gasteiger partial charge on any atom is 0.253 e. The number of carbonyl (C=O) groups excluding carboxylic acids is 2. The fourth-order valence-electron chi connectivity index (χ4n) is 4.19. The van der Waals surface area contributed by atoms with E-state index in [1.165, 1.54) is 17.1 Å². The highest BCUT2D eigenvalue weighted by atomic mass is 16.2. The highest BCUT2D eigenvalue weighted by molar-refractivity contribution is 6.13. The lowest BCUT2D eigenvalue weighted by Gasteiger charge is -2.42. The molecular formula is C24H21NO2. The number of imide groups is 1. The van der Waals surface area contributed by atoms with Gasteiger partial charge in [-0.15, -0.1) is 5.92 Å². The summed E-state index contributed by atoms with van der Waals surface area (Å²) in [7, 11) is 0. The van der Waals surface area contributed by atoms with Crippen molar-refractivity contribution in [3.8, 4) is 11.8 Å². The Balaban J connectivity index is 1.99. The van der Waals surface area contributed by atoms with Gasteiger partial charge >= 0.3 is 0 Å². The summed E-state index contributed by atoms with van der Waals surface area (Å²) in [5.74, 6) is 6.36. The lowest BCUT2D eigenvalue weighted by molar-refractivity contribution is -0.140. The van der Waals surface area contributed by atoms with Crippen LogP contribution in [0.1, 0.15) is 36.8 Å². The highest BCUT2D eigenvalue weighted by Gasteiger charge is 2.47. The summed E-state index contributed by atoms with van der Waals surface area (Å²) >= 11 is 0. The third kappa shape index (κ3) is 2.98. The molecule has 27 heavy (non-hydrogen) atoms. The second kappa shape index (κ2) is 7.25. The molecule has 0 fully saturated rings. The van der Waals surface area contributed by atoms with Crippen LogP contribution < -0.4 is 0 Å². The Labute approximate surface area is 159 Å². The Morgan fingerprint density at radius 2 is 1.37 bits per heavy atom. The summed E-state index contributed by atoms with van der Waals surface area (Å²) in [6, 6.07) is 19.8. The smallest absolute Gasteiger partial charge is 0.253 e. The Morgan fingerprint density at radius 1 is 0.815 bits per heavy atom. The zero-order chi connectivity index (χ0) is 18.7. The SMILES string of the molecule is O=C1C=CC(=O)N1C1CCCCC#CC1(c1ccccc1)c1ccccc1. The molecule has 0 N–H and O–H groups in total. The first kappa shape index (κ1) is 17.3. The van der Waals surface area contributed by atoms with Gasteiger partial charge in [0.2, 0.25) is 0 Å². The van der Waals surface area contributed by atoms with E-state index in [0.29, 0.717) is 0 Å². The molecule has 3 nitrogen and oxygen atoms in total. The highest BCUT2D eigenvalue weighted by Crippen LogP contribution is 2.41. The van der Waals surface area contributed by atoms with Crippen LogP contribution in [0.5, 0.6) is 0 Å². The summed E-state index contributed by atoms with van der Waals surface area (Å²) in [4.78, 5) is 26.6. The molecule has 1 aliphatic heterocycles. The molecule has 0 aromatic heterocycles. The van der Waals surface area contributed by atoms with Gasteiger partial charge < -0.3 is 0 Å². The van der Waals surface area contributed by atoms with Crippen molar-refractivity contribution in [1.29, 1.82) is 0 Å². The van der Waals surface area contributed by atoms with Crippen LogP contribution in [-0.4, -0.2) is 22.8 Å². The lowest BCUT2D eigenvalue weighted by Crippen LogP contribution is -2.53. The molecular weight excluding hydrogens is 334 g/mol. The van der Waals surface area contributed by atoms with Crippen LogP contribution in [0.15, 0.2) is 72.8 Å². The molecule has 4 rings (SSSR count). The predicted octanol–water partition coefficient (Wildman–Crippen LogP) is 3.84. The Morgan fingerprint density at radius 3 is 1.93 bits per heavy atom. The predicted molar refractivity (Wildman–Crippen MR) is 105 cm³/mol. The molecule has 3 heteroatoms. The number of rotatable bonds is 3. The minimum absolute atomic E-state index is 0.247. The maximum atomic E-state index is 12.6. The molecule has 2 aromatic carbocycles. The summed E-state index contributed by atoms with van der Waals surface area (Å²) in [5, 5.41) is 0. The maximum absolute atomic E-state index is 12.6. The molecule has 2 aromatic rings. The molecule has 0 saturated carbocycles. The molecule has 134 valence electrons. The number of amides is 2. The van der Waals surface area contributed by atoms with E-state index in [1.807, 2.05) is 36.4 Å². The van der Waals surface area contributed by atoms with Gasteiger partial charge in [0.25, 0.3) is 11.8 Å². The van der Waals surface area contributed by atoms with Crippen molar-refractivity contribution in [2.75, 3.05) is 0 Å². The van der Waals surface area contributed by atoms with Crippen molar-refractivity contribution in [1.82, 2.24) is 4.90 Å². The average molecular weight is 355 g/mol. The lowest BCUT2D eigenvalue weighted by atomic mass is 9.67. The molecule has 0 radical (unpaired) electrons. The Hall–Kier alpha value is -3.12. The molecule has 1 aliphatic carbocycles. The van der Waals surface area contributed by atoms with Gasteiger partial charge in [-0.05, 0) is 24.0 Å². The third-order valence-corrected chi connectivity index (χ3v) is 5.43. The first-order chi connectivity index (χ1) is 13.2. The molecule has 2 aliphatic rings. The fraction of sp³-hybridized carbons (Fsp3) is 0.250. The third-order valence-electron chi connectivity index (χ3n) is 5.43. The van der Waals surface area contributed by atoms with E-state index in [4.69, 9.17) is 0 Å². The first-order valence-electron chi connectivity index (χ1n) is 9.40. The van der Waals surface area contributed by atoms with Gasteiger partial charge in [0.1, 0.15) is 5.41 Å². The topological polar surface area (TPSA) is 37.4 Å². The van der Waals surface area contributed by atoms with Gasteiger partial charge in [-0.25, -0.2) is 0 Å². The molecule has 1 heterocycles. The largest absolute Gasteiger partial charge is 0.270 e. The van der Waals surface area contributed by atoms with E-state index in [-0.39, 0.29) is 17.9 Å². The van der Waals surface area contributed by atoms with E-state index < -0.39 is 5.41 Å². The van der Waals surface area contributed by atoms with Crippen molar-refractivity contribution >= 4 is 11.8 Å². The second-order valence-corrected chi connectivity index (χ2v) is 6.98. The van der Waals surface area contributed by atoms with Gasteiger partial charge in [-0.3, -0.25) is 14.5 Å². The zero-order valence-electron chi connectivity index (χ0n) is 15.1. The minimum Gasteiger partial charge on any atom is -0.270 e. The Kier molecular flexibility index (Phi) is 4.64. The quantitative estimate of drug-likeness (QED) is 0.620. The van der Waals surface area contributed by atoms with Crippen molar-refractivity contribution in [2.45, 2.75) is 37.1 Å². The summed E-state index contributed by atoms with van der Waals surface area (Å²) in [5.41, 5.74) is 1.30. The van der Waals surface area contributed by atoms with E-state index in [0.717, 1.165) is 36.8 Å². The van der Waals surface area contributed by atoms with Crippen LogP contribution in [-0.2, 0) is 15.0 Å². The van der Waals surface area contributed by atoms with E-state index in [2.05, 4.69) is 36.1 Å². The fourth-order valence-corrected chi connectivity index (χ4v) is 4.19. The van der Waals surface area contributed by atoms with Crippen LogP contribution in [0.2, 0.25) is 0 Å². The molecule has 1 unspecified atom stereocenters. The van der Waals surface area contributed by atoms with Gasteiger partial charge in [0.05, 0.1) is 6.04 Å². The van der Waals surface area contributed by atoms with Crippen molar-refractivity contribution < 1.29 is 9.59 Å². The van der Waals surface area contributed by atoms with Crippen molar-refractivity contribution in [3.05, 3.63) is 83.9 Å². The van der Waals surface area contributed by atoms with Crippen LogP contribution in [0.25, 0.3) is 0 Å². The van der Waals surface area contributed by atoms with E-state index in [9.17, 15) is 9.59 Å². The average Bonchev–Trinajstić information content (AvgIpc) is 3.02. The number of hydrogen-bond donors (Lipinski definition) is 0. The van der Waals surface area contributed by atoms with Crippen molar-refractivity contribution in [2.24, 2.45) is 0 Å². The van der Waals surface area contributed by atoms with Gasteiger partial charge in [-0.2, -0.15) is 0 Å². The monoisotopic (exact) mass is 355 g/mol. The summed E-state index contributed by atoms with van der Waals surface area (Å²) < 4.78 is 0. The summed E-state index contributed by atoms with van der Waals surface area (Å²) in [6.07, 6.45) is 6.21. The van der Waals surface area contributed by atoms with E-state index in [1.54, 1.807) is 0 Å². The zero-order valence-corrected chi connectivity index (χ0v) is 15.1. The van der Waals surface area contributed by atoms with Crippen LogP contribution >= 0.6 is 0 Å². The molecule has 0 saturated heterocycles. The number of benzene rings is 2. The summed E-state index contributed by atoms with van der Waals surface area (Å²) in [6.45, 7) is 0.